The molecule has 0 radical (unpaired) electrons. The molecule has 2 heterocycles. The van der Waals surface area contributed by atoms with Gasteiger partial charge in [-0.2, -0.15) is 0 Å². The molecule has 0 saturated carbocycles. The van der Waals surface area contributed by atoms with E-state index in [4.69, 9.17) is 15.3 Å². The number of halogens is 2. The molecule has 1 unspecified atom stereocenters. The molecule has 2 aliphatic heterocycles. The summed E-state index contributed by atoms with van der Waals surface area (Å²) in [5, 5.41) is 3.61. The molecule has 164 valence electrons. The van der Waals surface area contributed by atoms with Gasteiger partial charge in [0, 0.05) is 32.1 Å². The van der Waals surface area contributed by atoms with Crippen LogP contribution in [0.25, 0.3) is 0 Å². The number of anilines is 2. The molecule has 30 heavy (non-hydrogen) atoms. The Labute approximate surface area is 171 Å². The topological polar surface area (TPSA) is 117 Å². The van der Waals surface area contributed by atoms with E-state index in [9.17, 15) is 23.2 Å². The fourth-order valence-electron chi connectivity index (χ4n) is 3.28. The molecule has 2 fully saturated rings. The minimum atomic E-state index is -0.860. The van der Waals surface area contributed by atoms with E-state index >= 15 is 0 Å². The minimum absolute atomic E-state index is 0.00934. The maximum absolute atomic E-state index is 14.8. The first-order chi connectivity index (χ1) is 14.3. The Morgan fingerprint density at radius 1 is 1.23 bits per heavy atom. The van der Waals surface area contributed by atoms with E-state index in [0.717, 1.165) is 22.1 Å². The lowest BCUT2D eigenvalue weighted by molar-refractivity contribution is -0.180. The van der Waals surface area contributed by atoms with Crippen molar-refractivity contribution < 1.29 is 32.7 Å². The Hall–Kier alpha value is -2.99. The summed E-state index contributed by atoms with van der Waals surface area (Å²) in [7, 11) is 0. The van der Waals surface area contributed by atoms with Gasteiger partial charge in [0.25, 0.3) is 5.91 Å². The van der Waals surface area contributed by atoms with Crippen LogP contribution in [0.2, 0.25) is 0 Å². The molecule has 10 nitrogen and oxygen atoms in total. The largest absolute Gasteiger partial charge is 0.442 e. The summed E-state index contributed by atoms with van der Waals surface area (Å²) in [6.07, 6.45) is -1.38. The van der Waals surface area contributed by atoms with Gasteiger partial charge in [-0.1, -0.05) is 0 Å². The van der Waals surface area contributed by atoms with Crippen LogP contribution in [-0.2, 0) is 19.2 Å². The summed E-state index contributed by atoms with van der Waals surface area (Å²) in [6, 6.07) is 2.10. The van der Waals surface area contributed by atoms with Gasteiger partial charge >= 0.3 is 6.09 Å². The fourth-order valence-corrected chi connectivity index (χ4v) is 3.28. The van der Waals surface area contributed by atoms with Crippen LogP contribution in [0.15, 0.2) is 12.1 Å². The van der Waals surface area contributed by atoms with Gasteiger partial charge < -0.3 is 20.7 Å². The van der Waals surface area contributed by atoms with Crippen molar-refractivity contribution in [2.24, 2.45) is 5.73 Å². The van der Waals surface area contributed by atoms with Crippen LogP contribution in [0.4, 0.5) is 25.0 Å². The number of ether oxygens (including phenoxy) is 1. The Kier molecular flexibility index (Phi) is 6.67. The molecule has 0 aliphatic carbocycles. The van der Waals surface area contributed by atoms with Crippen molar-refractivity contribution in [2.45, 2.75) is 13.0 Å². The van der Waals surface area contributed by atoms with Crippen LogP contribution in [0, 0.1) is 11.6 Å². The second kappa shape index (κ2) is 9.22. The summed E-state index contributed by atoms with van der Waals surface area (Å²) < 4.78 is 34.8. The third-order valence-electron chi connectivity index (χ3n) is 4.72. The molecule has 3 rings (SSSR count). The predicted octanol–water partition coefficient (Wildman–Crippen LogP) is -0.0350. The SMILES string of the molecule is CC(=O)NCC1CN(c2cc(F)c(N3CCON(C(=O)CN)CC3)c(F)c2)C(=O)O1. The lowest BCUT2D eigenvalue weighted by atomic mass is 10.2. The number of benzene rings is 1. The number of cyclic esters (lactones) is 1. The third kappa shape index (κ3) is 4.76. The highest BCUT2D eigenvalue weighted by molar-refractivity contribution is 5.90. The molecule has 0 bridgehead atoms. The maximum Gasteiger partial charge on any atom is 0.414 e. The van der Waals surface area contributed by atoms with E-state index < -0.39 is 29.7 Å². The van der Waals surface area contributed by atoms with Gasteiger partial charge in [0.1, 0.15) is 11.8 Å². The lowest BCUT2D eigenvalue weighted by Crippen LogP contribution is -2.38. The van der Waals surface area contributed by atoms with Crippen LogP contribution in [0.3, 0.4) is 0 Å². The normalized spacial score (nSPS) is 19.5. The van der Waals surface area contributed by atoms with Crippen molar-refractivity contribution in [1.82, 2.24) is 10.4 Å². The van der Waals surface area contributed by atoms with Gasteiger partial charge in [-0.25, -0.2) is 18.6 Å². The van der Waals surface area contributed by atoms with Gasteiger partial charge in [0.2, 0.25) is 5.91 Å². The highest BCUT2D eigenvalue weighted by Crippen LogP contribution is 2.31. The number of hydrogen-bond donors (Lipinski definition) is 2. The van der Waals surface area contributed by atoms with Crippen molar-refractivity contribution in [2.75, 3.05) is 55.7 Å². The zero-order valence-corrected chi connectivity index (χ0v) is 16.4. The molecule has 2 aliphatic rings. The summed E-state index contributed by atoms with van der Waals surface area (Å²) in [4.78, 5) is 42.6. The van der Waals surface area contributed by atoms with Gasteiger partial charge in [-0.05, 0) is 0 Å². The lowest BCUT2D eigenvalue weighted by Gasteiger charge is -2.24. The molecule has 0 spiro atoms. The van der Waals surface area contributed by atoms with E-state index in [0.29, 0.717) is 0 Å². The number of nitrogens with zero attached hydrogens (tertiary/aromatic N) is 3. The standard InChI is InChI=1S/C18H23F2N5O5/c1-11(26)22-9-13-10-24(18(28)30-13)12-6-14(19)17(15(20)7-12)23-2-3-25(16(27)8-21)29-5-4-23/h6-7,13H,2-5,8-10,21H2,1H3,(H,22,26). The molecular weight excluding hydrogens is 404 g/mol. The number of hydrogen-bond acceptors (Lipinski definition) is 7. The van der Waals surface area contributed by atoms with Crippen LogP contribution in [-0.4, -0.2) is 75.0 Å². The summed E-state index contributed by atoms with van der Waals surface area (Å²) >= 11 is 0. The van der Waals surface area contributed by atoms with E-state index in [1.807, 2.05) is 0 Å². The first kappa shape index (κ1) is 21.7. The summed E-state index contributed by atoms with van der Waals surface area (Å²) in [5.74, 6) is -2.42. The van der Waals surface area contributed by atoms with Crippen molar-refractivity contribution >= 4 is 29.3 Å². The van der Waals surface area contributed by atoms with Crippen LogP contribution in [0.1, 0.15) is 6.92 Å². The zero-order chi connectivity index (χ0) is 21.8. The van der Waals surface area contributed by atoms with E-state index in [2.05, 4.69) is 5.32 Å². The number of nitrogens with two attached hydrogens (primary N) is 1. The first-order valence-electron chi connectivity index (χ1n) is 9.40. The highest BCUT2D eigenvalue weighted by atomic mass is 19.1. The van der Waals surface area contributed by atoms with Crippen LogP contribution >= 0.6 is 0 Å². The van der Waals surface area contributed by atoms with Crippen molar-refractivity contribution in [3.8, 4) is 0 Å². The Bertz CT molecular complexity index is 816. The number of carbonyl (C=O) groups is 3. The number of rotatable bonds is 5. The smallest absolute Gasteiger partial charge is 0.414 e. The number of hydroxylamine groups is 2. The van der Waals surface area contributed by atoms with Gasteiger partial charge in [-0.15, -0.1) is 0 Å². The van der Waals surface area contributed by atoms with Crippen molar-refractivity contribution in [1.29, 1.82) is 0 Å². The van der Waals surface area contributed by atoms with E-state index in [1.54, 1.807) is 0 Å². The zero-order valence-electron chi connectivity index (χ0n) is 16.4. The second-order valence-corrected chi connectivity index (χ2v) is 6.83. The molecule has 1 aromatic carbocycles. The van der Waals surface area contributed by atoms with Gasteiger partial charge in [-0.3, -0.25) is 19.3 Å². The highest BCUT2D eigenvalue weighted by Gasteiger charge is 2.34. The first-order valence-corrected chi connectivity index (χ1v) is 9.40. The van der Waals surface area contributed by atoms with E-state index in [-0.39, 0.29) is 63.2 Å². The minimum Gasteiger partial charge on any atom is -0.442 e. The number of carbonyl (C=O) groups excluding carboxylic acids is 3. The van der Waals surface area contributed by atoms with Crippen molar-refractivity contribution in [3.05, 3.63) is 23.8 Å². The molecule has 3 N–H and O–H groups in total. The van der Waals surface area contributed by atoms with E-state index in [1.165, 1.54) is 11.8 Å². The Morgan fingerprint density at radius 2 is 1.93 bits per heavy atom. The predicted molar refractivity (Wildman–Crippen MR) is 102 cm³/mol. The Morgan fingerprint density at radius 3 is 2.57 bits per heavy atom. The Balaban J connectivity index is 1.73. The van der Waals surface area contributed by atoms with Gasteiger partial charge in [0.05, 0.1) is 38.5 Å². The maximum atomic E-state index is 14.8. The summed E-state index contributed by atoms with van der Waals surface area (Å²) in [6.45, 7) is 1.70. The number of nitrogens with one attached hydrogen (secondary N) is 1. The quantitative estimate of drug-likeness (QED) is 0.677. The summed E-state index contributed by atoms with van der Waals surface area (Å²) in [5.41, 5.74) is 5.05. The van der Waals surface area contributed by atoms with Crippen LogP contribution < -0.4 is 20.9 Å². The fraction of sp³-hybridized carbons (Fsp3) is 0.500. The monoisotopic (exact) mass is 427 g/mol. The average molecular weight is 427 g/mol. The molecule has 2 saturated heterocycles. The molecule has 3 amide bonds. The molecule has 1 aromatic rings. The third-order valence-corrected chi connectivity index (χ3v) is 4.72. The molecule has 1 atom stereocenters. The average Bonchev–Trinajstić information content (AvgIpc) is 2.90. The number of amides is 3. The molecular formula is C18H23F2N5O5. The molecule has 12 heteroatoms. The van der Waals surface area contributed by atoms with Crippen LogP contribution in [0.5, 0.6) is 0 Å². The molecule has 0 aromatic heterocycles. The second-order valence-electron chi connectivity index (χ2n) is 6.83. The van der Waals surface area contributed by atoms with Crippen molar-refractivity contribution in [3.63, 3.8) is 0 Å². The van der Waals surface area contributed by atoms with Gasteiger partial charge in [0.15, 0.2) is 11.6 Å².